The van der Waals surface area contributed by atoms with Crippen LogP contribution in [0.5, 0.6) is 0 Å². The van der Waals surface area contributed by atoms with Crippen LogP contribution in [0.1, 0.15) is 12.8 Å². The molecule has 0 rings (SSSR count). The zero-order valence-corrected chi connectivity index (χ0v) is 27.4. The van der Waals surface area contributed by atoms with E-state index in [9.17, 15) is 154 Å². The molecule has 0 saturated heterocycles. The van der Waals surface area contributed by atoms with Crippen LogP contribution in [-0.4, -0.2) is 113 Å². The molecule has 0 aliphatic rings. The first-order valence-corrected chi connectivity index (χ1v) is 14.5. The number of halogens is 34. The molecule has 0 aliphatic heterocycles. The summed E-state index contributed by atoms with van der Waals surface area (Å²) in [7, 11) is -6.93. The highest BCUT2D eigenvalue weighted by Gasteiger charge is 2.97. The average molecular weight is 1010 g/mol. The third-order valence-electron chi connectivity index (χ3n) is 6.92. The molecule has 0 fully saturated rings. The quantitative estimate of drug-likeness (QED) is 0.0937. The summed E-state index contributed by atoms with van der Waals surface area (Å²) in [5.41, 5.74) is 0. The van der Waals surface area contributed by atoms with Crippen LogP contribution in [0.2, 0.25) is 0 Å². The number of alkyl halides is 34. The molecule has 4 N–H and O–H groups in total. The fourth-order valence-corrected chi connectivity index (χ4v) is 4.04. The van der Waals surface area contributed by atoms with E-state index in [-0.39, 0.29) is 6.15 Å². The van der Waals surface area contributed by atoms with Gasteiger partial charge in [0.1, 0.15) is 0 Å². The summed E-state index contributed by atoms with van der Waals surface area (Å²) < 4.78 is 467. The Hall–Kier alpha value is -2.31. The molecule has 60 heavy (non-hydrogen) atoms. The summed E-state index contributed by atoms with van der Waals surface area (Å²) in [5, 5.41) is 0. The van der Waals surface area contributed by atoms with Gasteiger partial charge in [-0.15, -0.1) is 0 Å². The number of hydrogen-bond acceptors (Lipinski definition) is 4. The van der Waals surface area contributed by atoms with Gasteiger partial charge in [-0.05, 0) is 0 Å². The molecule has 0 unspecified atom stereocenters. The Balaban J connectivity index is 0. The van der Waals surface area contributed by atoms with Crippen molar-refractivity contribution < 1.29 is 168 Å². The largest absolute Gasteiger partial charge is 0.472 e. The van der Waals surface area contributed by atoms with E-state index in [0.29, 0.717) is 0 Å². The van der Waals surface area contributed by atoms with Gasteiger partial charge in [-0.25, -0.2) is 4.57 Å². The van der Waals surface area contributed by atoms with Crippen molar-refractivity contribution >= 4 is 7.82 Å². The summed E-state index contributed by atoms with van der Waals surface area (Å²) >= 11 is 0. The smallest absolute Gasteiger partial charge is 0.344 e. The zero-order valence-electron chi connectivity index (χ0n) is 26.5. The third kappa shape index (κ3) is 8.54. The van der Waals surface area contributed by atoms with E-state index < -0.39 is 129 Å². The van der Waals surface area contributed by atoms with Crippen molar-refractivity contribution in [2.75, 3.05) is 13.2 Å². The van der Waals surface area contributed by atoms with E-state index in [1.807, 2.05) is 0 Å². The van der Waals surface area contributed by atoms with Crippen molar-refractivity contribution in [3.05, 3.63) is 0 Å². The normalized spacial score (nSPS) is 16.6. The van der Waals surface area contributed by atoms with E-state index >= 15 is 0 Å². The minimum absolute atomic E-state index is 0. The van der Waals surface area contributed by atoms with Gasteiger partial charge < -0.3 is 11.0 Å². The van der Waals surface area contributed by atoms with Crippen molar-refractivity contribution in [3.8, 4) is 0 Å². The zero-order chi connectivity index (χ0) is 48.7. The van der Waals surface area contributed by atoms with Crippen LogP contribution in [0, 0.1) is 0 Å². The van der Waals surface area contributed by atoms with Crippen molar-refractivity contribution in [1.82, 2.24) is 6.15 Å². The van der Waals surface area contributed by atoms with E-state index in [1.165, 1.54) is 0 Å². The lowest BCUT2D eigenvalue weighted by Crippen LogP contribution is -2.74. The van der Waals surface area contributed by atoms with E-state index in [2.05, 4.69) is 9.05 Å². The Kier molecular flexibility index (Phi) is 15.7. The Morgan fingerprint density at radius 2 is 0.450 bits per heavy atom. The van der Waals surface area contributed by atoms with Crippen molar-refractivity contribution in [2.45, 2.75) is 108 Å². The monoisotopic (exact) mass is 1010 g/mol. The second-order valence-electron chi connectivity index (χ2n) is 10.9. The topological polar surface area (TPSA) is 90.8 Å². The SMILES string of the molecule is N.O=P(O)(OCCC(F)(F)C(F)(F)C(F)(F)C(F)(F)C(F)(F)C(F)(F)C(F)(F)C(F)(F)F)OCCC(F)(F)C(F)(F)C(F)(F)C(F)(F)C(F)(F)C(F)(F)C(F)(F)C(F)(F)F. The Morgan fingerprint density at radius 3 is 0.617 bits per heavy atom. The standard InChI is InChI=1S/C20H9F34O4P.H3N/c21-5(22,7(25,26)9(29,30)11(33,34)13(37,38)15(41,42)17(45,46)19(49,50)51)1-3-57-59(55,56)58-4-2-6(23,24)8(27,28)10(31,32)12(35,36)14(39,40)16(43,44)18(47,48)20(52,53)54;/h1-4H2,(H,55,56);1H3. The molecule has 0 heterocycles. The number of rotatable bonds is 20. The van der Waals surface area contributed by atoms with Crippen LogP contribution >= 0.6 is 7.82 Å². The van der Waals surface area contributed by atoms with E-state index in [1.54, 1.807) is 0 Å². The maximum atomic E-state index is 13.8. The molecule has 0 saturated carbocycles. The first-order valence-electron chi connectivity index (χ1n) is 13.0. The van der Waals surface area contributed by atoms with Crippen LogP contribution in [0.25, 0.3) is 0 Å². The molecule has 0 aromatic carbocycles. The number of phosphoric acid groups is 1. The van der Waals surface area contributed by atoms with Gasteiger partial charge in [-0.3, -0.25) is 9.05 Å². The van der Waals surface area contributed by atoms with Crippen LogP contribution in [0.3, 0.4) is 0 Å². The molecule has 0 aromatic heterocycles. The molecule has 0 aliphatic carbocycles. The van der Waals surface area contributed by atoms with Gasteiger partial charge in [0.05, 0.1) is 13.2 Å². The maximum Gasteiger partial charge on any atom is 0.472 e. The summed E-state index contributed by atoms with van der Waals surface area (Å²) in [6, 6.07) is 0. The summed E-state index contributed by atoms with van der Waals surface area (Å²) in [5.74, 6) is -121. The van der Waals surface area contributed by atoms with Crippen LogP contribution in [0.15, 0.2) is 0 Å². The Labute approximate surface area is 304 Å². The van der Waals surface area contributed by atoms with Gasteiger partial charge in [0.2, 0.25) is 0 Å². The highest BCUT2D eigenvalue weighted by molar-refractivity contribution is 7.47. The predicted octanol–water partition coefficient (Wildman–Crippen LogP) is 12.1. The fourth-order valence-electron chi connectivity index (χ4n) is 3.32. The number of hydrogen-bond donors (Lipinski definition) is 2. The molecule has 0 amide bonds. The lowest BCUT2D eigenvalue weighted by atomic mass is 9.88. The molecule has 40 heteroatoms. The molecule has 0 bridgehead atoms. The van der Waals surface area contributed by atoms with Gasteiger partial charge in [-0.2, -0.15) is 149 Å². The van der Waals surface area contributed by atoms with Crippen molar-refractivity contribution in [3.63, 3.8) is 0 Å². The van der Waals surface area contributed by atoms with Crippen LogP contribution in [0.4, 0.5) is 149 Å². The lowest BCUT2D eigenvalue weighted by molar-refractivity contribution is -0.462. The Morgan fingerprint density at radius 1 is 0.300 bits per heavy atom. The first-order chi connectivity index (χ1) is 24.9. The van der Waals surface area contributed by atoms with Gasteiger partial charge in [0.15, 0.2) is 0 Å². The lowest BCUT2D eigenvalue weighted by Gasteiger charge is -2.42. The first kappa shape index (κ1) is 59.8. The average Bonchev–Trinajstić information content (AvgIpc) is 2.98. The van der Waals surface area contributed by atoms with Gasteiger partial charge in [0.25, 0.3) is 0 Å². The maximum absolute atomic E-state index is 13.8. The molecule has 0 radical (unpaired) electrons. The molecule has 5 nitrogen and oxygen atoms in total. The minimum atomic E-state index is -9.11. The summed E-state index contributed by atoms with van der Waals surface area (Å²) in [6.45, 7) is -6.22. The van der Waals surface area contributed by atoms with Gasteiger partial charge in [0, 0.05) is 12.8 Å². The highest BCUT2D eigenvalue weighted by Crippen LogP contribution is 2.66. The molecular formula is C20H12F34NO4P. The van der Waals surface area contributed by atoms with Crippen LogP contribution < -0.4 is 6.15 Å². The minimum Gasteiger partial charge on any atom is -0.344 e. The van der Waals surface area contributed by atoms with E-state index in [4.69, 9.17) is 4.89 Å². The molecule has 0 aromatic rings. The Bertz CT molecular complexity index is 1420. The summed E-state index contributed by atoms with van der Waals surface area (Å²) in [6.07, 6.45) is -23.7. The second kappa shape index (κ2) is 15.7. The molecule has 364 valence electrons. The summed E-state index contributed by atoms with van der Waals surface area (Å²) in [4.78, 5) is 8.99. The second-order valence-corrected chi connectivity index (χ2v) is 12.4. The van der Waals surface area contributed by atoms with Crippen LogP contribution in [-0.2, 0) is 13.6 Å². The molecule has 0 spiro atoms. The van der Waals surface area contributed by atoms with Gasteiger partial charge >= 0.3 is 103 Å². The number of phosphoric ester groups is 1. The third-order valence-corrected chi connectivity index (χ3v) is 7.93. The highest BCUT2D eigenvalue weighted by atomic mass is 31.2. The van der Waals surface area contributed by atoms with Gasteiger partial charge in [-0.1, -0.05) is 0 Å². The van der Waals surface area contributed by atoms with Crippen molar-refractivity contribution in [1.29, 1.82) is 0 Å². The molecular weight excluding hydrogens is 995 g/mol. The fraction of sp³-hybridized carbons (Fsp3) is 1.00. The van der Waals surface area contributed by atoms with Crippen molar-refractivity contribution in [2.24, 2.45) is 0 Å². The predicted molar refractivity (Wildman–Crippen MR) is 117 cm³/mol. The molecule has 0 atom stereocenters. The van der Waals surface area contributed by atoms with E-state index in [0.717, 1.165) is 0 Å².